The van der Waals surface area contributed by atoms with Crippen molar-refractivity contribution in [2.45, 2.75) is 13.1 Å². The smallest absolute Gasteiger partial charge is 0.206 e. The molecule has 0 heterocycles. The zero-order valence-electron chi connectivity index (χ0n) is 17.6. The van der Waals surface area contributed by atoms with E-state index in [9.17, 15) is 26.3 Å². The van der Waals surface area contributed by atoms with E-state index in [0.29, 0.717) is 5.56 Å². The summed E-state index contributed by atoms with van der Waals surface area (Å²) in [6, 6.07) is 18.4. The third-order valence-electron chi connectivity index (χ3n) is 5.03. The Morgan fingerprint density at radius 1 is 0.647 bits per heavy atom. The minimum Gasteiger partial charge on any atom is -0.206 e. The van der Waals surface area contributed by atoms with E-state index in [0.717, 1.165) is 34.7 Å². The highest BCUT2D eigenvalue weighted by Crippen LogP contribution is 2.28. The number of rotatable bonds is 1. The highest BCUT2D eigenvalue weighted by Gasteiger charge is 2.24. The lowest BCUT2D eigenvalue weighted by Gasteiger charge is -2.06. The summed E-state index contributed by atoms with van der Waals surface area (Å²) in [5.74, 6) is 3.92. The van der Waals surface area contributed by atoms with Crippen molar-refractivity contribution in [3.63, 3.8) is 0 Å². The number of aryl methyl sites for hydroxylation is 1. The first-order valence-corrected chi connectivity index (χ1v) is 10.0. The molecule has 0 aromatic heterocycles. The van der Waals surface area contributed by atoms with E-state index in [4.69, 9.17) is 0 Å². The summed E-state index contributed by atoms with van der Waals surface area (Å²) in [5, 5.41) is -0.826. The number of hydrogen-bond donors (Lipinski definition) is 0. The first-order chi connectivity index (χ1) is 16.1. The van der Waals surface area contributed by atoms with Crippen LogP contribution in [-0.2, 0) is 0 Å². The quantitative estimate of drug-likeness (QED) is 0.202. The Bertz CT molecular complexity index is 1500. The number of benzene rings is 4. The van der Waals surface area contributed by atoms with Crippen LogP contribution >= 0.6 is 0 Å². The second-order valence-electron chi connectivity index (χ2n) is 7.54. The van der Waals surface area contributed by atoms with Crippen molar-refractivity contribution in [1.82, 2.24) is 0 Å². The highest BCUT2D eigenvalue weighted by molar-refractivity contribution is 5.87. The van der Waals surface area contributed by atoms with Gasteiger partial charge in [0, 0.05) is 17.0 Å². The summed E-state index contributed by atoms with van der Waals surface area (Å²) in [6.45, 7) is 2.00. The van der Waals surface area contributed by atoms with Crippen LogP contribution in [0.2, 0.25) is 0 Å². The van der Waals surface area contributed by atoms with Crippen molar-refractivity contribution in [1.29, 1.82) is 0 Å². The number of alkyl halides is 3. The van der Waals surface area contributed by atoms with Crippen molar-refractivity contribution in [3.8, 4) is 34.8 Å². The normalized spacial score (nSPS) is 10.9. The van der Waals surface area contributed by atoms with E-state index in [-0.39, 0.29) is 10.9 Å². The van der Waals surface area contributed by atoms with E-state index in [1.54, 1.807) is 12.1 Å². The van der Waals surface area contributed by atoms with E-state index in [1.807, 2.05) is 43.3 Å². The van der Waals surface area contributed by atoms with Gasteiger partial charge in [0.15, 0.2) is 5.82 Å². The first-order valence-electron chi connectivity index (χ1n) is 10.0. The molecule has 0 unspecified atom stereocenters. The fourth-order valence-corrected chi connectivity index (χ4v) is 3.37. The van der Waals surface area contributed by atoms with E-state index < -0.39 is 34.6 Å². The van der Waals surface area contributed by atoms with Crippen LogP contribution in [-0.4, -0.2) is 6.18 Å². The predicted molar refractivity (Wildman–Crippen MR) is 119 cm³/mol. The maximum atomic E-state index is 14.6. The summed E-state index contributed by atoms with van der Waals surface area (Å²) < 4.78 is 80.2. The molecule has 0 spiro atoms. The number of hydrogen-bond acceptors (Lipinski definition) is 0. The lowest BCUT2D eigenvalue weighted by molar-refractivity contribution is -0.0696. The minimum absolute atomic E-state index is 0.153. The predicted octanol–water partition coefficient (Wildman–Crippen LogP) is 7.55. The summed E-state index contributed by atoms with van der Waals surface area (Å²) in [4.78, 5) is 0. The minimum atomic E-state index is -4.94. The largest absolute Gasteiger partial charge is 0.458 e. The Morgan fingerprint density at radius 3 is 1.85 bits per heavy atom. The molecular formula is C28H14F6. The van der Waals surface area contributed by atoms with Crippen LogP contribution in [0.25, 0.3) is 21.9 Å². The Hall–Kier alpha value is -4.16. The Kier molecular flexibility index (Phi) is 6.09. The van der Waals surface area contributed by atoms with Crippen molar-refractivity contribution in [2.75, 3.05) is 0 Å². The SMILES string of the molecule is Cc1ccc(-c2ccc(C#Cc3cc(F)c4c(F)c(C#CC(F)(F)F)c(F)cc4c3)cc2)cc1. The van der Waals surface area contributed by atoms with Crippen LogP contribution in [0.3, 0.4) is 0 Å². The molecule has 4 rings (SSSR count). The van der Waals surface area contributed by atoms with E-state index in [2.05, 4.69) is 11.8 Å². The Balaban J connectivity index is 1.66. The standard InChI is InChI=1S/C28H14F6/c1-17-2-8-20(9-3-17)21-10-6-18(7-11-21)4-5-19-14-22-16-24(29)23(12-13-28(32,33)34)27(31)26(22)25(30)15-19/h2-3,6-11,14-16H,1H3. The van der Waals surface area contributed by atoms with Crippen LogP contribution < -0.4 is 0 Å². The van der Waals surface area contributed by atoms with Gasteiger partial charge in [-0.3, -0.25) is 0 Å². The molecule has 168 valence electrons. The molecule has 0 saturated carbocycles. The molecule has 0 radical (unpaired) electrons. The topological polar surface area (TPSA) is 0 Å². The van der Waals surface area contributed by atoms with Crippen LogP contribution in [0, 0.1) is 48.1 Å². The molecule has 0 atom stereocenters. The second-order valence-corrected chi connectivity index (χ2v) is 7.54. The van der Waals surface area contributed by atoms with E-state index >= 15 is 0 Å². The molecule has 0 amide bonds. The van der Waals surface area contributed by atoms with Crippen LogP contribution in [0.1, 0.15) is 22.3 Å². The van der Waals surface area contributed by atoms with Gasteiger partial charge in [-0.15, -0.1) is 0 Å². The third kappa shape index (κ3) is 5.08. The molecule has 6 heteroatoms. The van der Waals surface area contributed by atoms with Crippen molar-refractivity contribution < 1.29 is 26.3 Å². The lowest BCUT2D eigenvalue weighted by Crippen LogP contribution is -2.03. The molecule has 0 saturated heterocycles. The molecule has 0 N–H and O–H groups in total. The summed E-state index contributed by atoms with van der Waals surface area (Å²) in [5.41, 5.74) is 2.85. The zero-order valence-corrected chi connectivity index (χ0v) is 17.6. The fraction of sp³-hybridized carbons (Fsp3) is 0.0714. The molecule has 0 bridgehead atoms. The molecule has 4 aromatic rings. The van der Waals surface area contributed by atoms with Crippen molar-refractivity contribution in [3.05, 3.63) is 106 Å². The van der Waals surface area contributed by atoms with Gasteiger partial charge < -0.3 is 0 Å². The monoisotopic (exact) mass is 464 g/mol. The maximum absolute atomic E-state index is 14.6. The lowest BCUT2D eigenvalue weighted by atomic mass is 10.0. The van der Waals surface area contributed by atoms with Gasteiger partial charge in [-0.05, 0) is 53.8 Å². The molecule has 0 aliphatic carbocycles. The van der Waals surface area contributed by atoms with Gasteiger partial charge in [0.25, 0.3) is 0 Å². The first kappa shape index (κ1) is 23.0. The number of fused-ring (bicyclic) bond motifs is 1. The van der Waals surface area contributed by atoms with Gasteiger partial charge in [0.05, 0.1) is 10.9 Å². The molecule has 0 fully saturated rings. The second kappa shape index (κ2) is 9.00. The highest BCUT2D eigenvalue weighted by atomic mass is 19.4. The Morgan fingerprint density at radius 2 is 1.24 bits per heavy atom. The molecule has 0 aliphatic heterocycles. The summed E-state index contributed by atoms with van der Waals surface area (Å²) in [7, 11) is 0. The molecule has 4 aromatic carbocycles. The van der Waals surface area contributed by atoms with Crippen LogP contribution in [0.15, 0.2) is 66.7 Å². The average Bonchev–Trinajstić information content (AvgIpc) is 2.77. The van der Waals surface area contributed by atoms with Gasteiger partial charge in [-0.1, -0.05) is 59.7 Å². The zero-order chi connectivity index (χ0) is 24.5. The summed E-state index contributed by atoms with van der Waals surface area (Å²) in [6.07, 6.45) is -4.94. The van der Waals surface area contributed by atoms with E-state index in [1.165, 1.54) is 12.0 Å². The fourth-order valence-electron chi connectivity index (χ4n) is 3.37. The van der Waals surface area contributed by atoms with Gasteiger partial charge >= 0.3 is 6.18 Å². The van der Waals surface area contributed by atoms with Gasteiger partial charge in [0.1, 0.15) is 11.6 Å². The molecular weight excluding hydrogens is 450 g/mol. The third-order valence-corrected chi connectivity index (χ3v) is 5.03. The van der Waals surface area contributed by atoms with Gasteiger partial charge in [-0.2, -0.15) is 13.2 Å². The Labute approximate surface area is 191 Å². The average molecular weight is 464 g/mol. The maximum Gasteiger partial charge on any atom is 0.458 e. The van der Waals surface area contributed by atoms with Crippen molar-refractivity contribution >= 4 is 10.8 Å². The van der Waals surface area contributed by atoms with Crippen LogP contribution in [0.4, 0.5) is 26.3 Å². The molecule has 34 heavy (non-hydrogen) atoms. The molecule has 0 nitrogen and oxygen atoms in total. The van der Waals surface area contributed by atoms with Crippen molar-refractivity contribution in [2.24, 2.45) is 0 Å². The van der Waals surface area contributed by atoms with Gasteiger partial charge in [0.2, 0.25) is 0 Å². The molecule has 0 aliphatic rings. The van der Waals surface area contributed by atoms with Crippen LogP contribution in [0.5, 0.6) is 0 Å². The van der Waals surface area contributed by atoms with Gasteiger partial charge in [-0.25, -0.2) is 13.2 Å². The number of halogens is 6. The summed E-state index contributed by atoms with van der Waals surface area (Å²) >= 11 is 0.